The van der Waals surface area contributed by atoms with Crippen LogP contribution in [0.2, 0.25) is 0 Å². The Balaban J connectivity index is 1.77. The highest BCUT2D eigenvalue weighted by atomic mass is 32.1. The Labute approximate surface area is 215 Å². The molecule has 2 atom stereocenters. The van der Waals surface area contributed by atoms with Crippen LogP contribution in [0.3, 0.4) is 0 Å². The molecule has 0 saturated carbocycles. The lowest BCUT2D eigenvalue weighted by Crippen LogP contribution is -2.54. The van der Waals surface area contributed by atoms with E-state index in [-0.39, 0.29) is 36.5 Å². The number of likely N-dealkylation sites (N-methyl/N-ethyl adjacent to an activating group) is 1. The number of nitrogens with one attached hydrogen (secondary N) is 2. The van der Waals surface area contributed by atoms with E-state index in [0.717, 1.165) is 5.56 Å². The second-order valence-electron chi connectivity index (χ2n) is 8.71. The molecule has 0 radical (unpaired) electrons. The van der Waals surface area contributed by atoms with Crippen molar-refractivity contribution in [3.8, 4) is 5.75 Å². The van der Waals surface area contributed by atoms with Gasteiger partial charge in [-0.2, -0.15) is 0 Å². The molecule has 1 saturated heterocycles. The van der Waals surface area contributed by atoms with Gasteiger partial charge in [-0.3, -0.25) is 19.2 Å². The normalized spacial score (nSPS) is 20.7. The number of carbonyl (C=O) groups is 4. The Bertz CT molecular complexity index is 1040. The predicted octanol–water partition coefficient (Wildman–Crippen LogP) is 1.47. The van der Waals surface area contributed by atoms with Crippen LogP contribution in [0.4, 0.5) is 0 Å². The Kier molecular flexibility index (Phi) is 9.80. The summed E-state index contributed by atoms with van der Waals surface area (Å²) >= 11 is 1.34. The molecule has 1 aromatic heterocycles. The minimum atomic E-state index is -0.844. The number of thiazole rings is 1. The molecule has 36 heavy (non-hydrogen) atoms. The summed E-state index contributed by atoms with van der Waals surface area (Å²) in [6.45, 7) is 2.79. The smallest absolute Gasteiger partial charge is 0.273 e. The first-order valence-corrected chi connectivity index (χ1v) is 12.9. The third kappa shape index (κ3) is 7.27. The Morgan fingerprint density at radius 3 is 2.56 bits per heavy atom. The molecule has 10 nitrogen and oxygen atoms in total. The lowest BCUT2D eigenvalue weighted by atomic mass is 10.0. The average Bonchev–Trinajstić information content (AvgIpc) is 3.43. The number of hydrogen-bond acceptors (Lipinski definition) is 7. The second kappa shape index (κ2) is 13.0. The van der Waals surface area contributed by atoms with Gasteiger partial charge in [0.2, 0.25) is 17.7 Å². The van der Waals surface area contributed by atoms with Gasteiger partial charge in [-0.1, -0.05) is 12.1 Å². The van der Waals surface area contributed by atoms with Crippen LogP contribution in [-0.2, 0) is 20.8 Å². The van der Waals surface area contributed by atoms with Crippen molar-refractivity contribution in [3.05, 3.63) is 46.4 Å². The van der Waals surface area contributed by atoms with Crippen molar-refractivity contribution in [2.24, 2.45) is 0 Å². The van der Waals surface area contributed by atoms with Crippen molar-refractivity contribution in [2.45, 2.75) is 44.7 Å². The van der Waals surface area contributed by atoms with Gasteiger partial charge in [0.05, 0.1) is 12.6 Å². The summed E-state index contributed by atoms with van der Waals surface area (Å²) in [4.78, 5) is 58.9. The number of rotatable bonds is 4. The number of benzene rings is 1. The van der Waals surface area contributed by atoms with E-state index < -0.39 is 12.1 Å². The van der Waals surface area contributed by atoms with E-state index in [1.807, 2.05) is 12.1 Å². The number of amides is 4. The molecule has 1 aliphatic heterocycles. The van der Waals surface area contributed by atoms with Crippen molar-refractivity contribution >= 4 is 35.0 Å². The minimum Gasteiger partial charge on any atom is -0.497 e. The maximum atomic E-state index is 13.3. The number of hydrogen-bond donors (Lipinski definition) is 2. The van der Waals surface area contributed by atoms with Crippen LogP contribution in [0, 0.1) is 0 Å². The van der Waals surface area contributed by atoms with Gasteiger partial charge in [-0.15, -0.1) is 11.3 Å². The van der Waals surface area contributed by atoms with Gasteiger partial charge in [-0.05, 0) is 37.5 Å². The van der Waals surface area contributed by atoms with Crippen LogP contribution in [0.5, 0.6) is 5.75 Å². The van der Waals surface area contributed by atoms with E-state index in [9.17, 15) is 19.2 Å². The third-order valence-corrected chi connectivity index (χ3v) is 6.80. The fraction of sp³-hybridized carbons (Fsp3) is 0.480. The maximum Gasteiger partial charge on any atom is 0.273 e. The summed E-state index contributed by atoms with van der Waals surface area (Å²) in [7, 11) is 3.14. The number of carbonyl (C=O) groups excluding carboxylic acids is 4. The monoisotopic (exact) mass is 515 g/mol. The molecule has 0 aliphatic carbocycles. The fourth-order valence-electron chi connectivity index (χ4n) is 3.93. The molecule has 1 aromatic carbocycles. The van der Waals surface area contributed by atoms with Crippen LogP contribution >= 0.6 is 11.3 Å². The zero-order valence-electron chi connectivity index (χ0n) is 20.9. The van der Waals surface area contributed by atoms with Crippen molar-refractivity contribution < 1.29 is 23.9 Å². The molecule has 3 rings (SSSR count). The number of aromatic nitrogens is 1. The molecule has 194 valence electrons. The van der Waals surface area contributed by atoms with Gasteiger partial charge in [0, 0.05) is 44.9 Å². The van der Waals surface area contributed by atoms with Crippen LogP contribution in [0.25, 0.3) is 0 Å². The zero-order chi connectivity index (χ0) is 26.1. The Morgan fingerprint density at radius 1 is 1.17 bits per heavy atom. The quantitative estimate of drug-likeness (QED) is 0.636. The largest absolute Gasteiger partial charge is 0.497 e. The molecular weight excluding hydrogens is 482 g/mol. The lowest BCUT2D eigenvalue weighted by Gasteiger charge is -2.29. The third-order valence-electron chi connectivity index (χ3n) is 6.21. The van der Waals surface area contributed by atoms with Crippen molar-refractivity contribution in [3.63, 3.8) is 0 Å². The van der Waals surface area contributed by atoms with Gasteiger partial charge < -0.3 is 25.2 Å². The van der Waals surface area contributed by atoms with E-state index in [0.29, 0.717) is 43.9 Å². The average molecular weight is 516 g/mol. The van der Waals surface area contributed by atoms with Gasteiger partial charge in [-0.25, -0.2) is 4.98 Å². The first-order valence-electron chi connectivity index (χ1n) is 11.9. The van der Waals surface area contributed by atoms with E-state index in [4.69, 9.17) is 4.74 Å². The molecule has 2 aromatic rings. The summed E-state index contributed by atoms with van der Waals surface area (Å²) in [5.74, 6) is -0.448. The maximum absolute atomic E-state index is 13.3. The number of ether oxygens (including phenoxy) is 1. The fourth-order valence-corrected chi connectivity index (χ4v) is 4.46. The summed E-state index contributed by atoms with van der Waals surface area (Å²) in [5, 5.41) is 7.38. The standard InChI is InChI=1S/C25H33N5O5S/c1-17-23(32)26-11-5-13-30(25(34)21-15-36-16-27-21)12-4-6-22(31)28-20(24(33)29(17)2)14-18-7-9-19(35-3)10-8-18/h7-10,15-17,20H,4-6,11-14H2,1-3H3,(H,26,32)(H,28,31)/t17-,20-/m0/s1. The first kappa shape index (κ1) is 27.1. The highest BCUT2D eigenvalue weighted by Crippen LogP contribution is 2.15. The molecular formula is C25H33N5O5S. The molecule has 11 heteroatoms. The molecule has 0 unspecified atom stereocenters. The molecule has 1 aliphatic rings. The molecule has 0 bridgehead atoms. The molecule has 1 fully saturated rings. The van der Waals surface area contributed by atoms with Crippen molar-refractivity contribution in [1.82, 2.24) is 25.4 Å². The second-order valence-corrected chi connectivity index (χ2v) is 9.43. The van der Waals surface area contributed by atoms with E-state index >= 15 is 0 Å². The van der Waals surface area contributed by atoms with Crippen molar-refractivity contribution in [2.75, 3.05) is 33.8 Å². The summed E-state index contributed by atoms with van der Waals surface area (Å²) in [6, 6.07) is 5.69. The topological polar surface area (TPSA) is 121 Å². The Morgan fingerprint density at radius 2 is 1.89 bits per heavy atom. The molecule has 0 spiro atoms. The molecule has 2 heterocycles. The van der Waals surface area contributed by atoms with E-state index in [1.54, 1.807) is 49.0 Å². The predicted molar refractivity (Wildman–Crippen MR) is 136 cm³/mol. The number of methoxy groups -OCH3 is 1. The van der Waals surface area contributed by atoms with Gasteiger partial charge in [0.15, 0.2) is 0 Å². The SMILES string of the molecule is COc1ccc(C[C@@H]2NC(=O)CCCN(C(=O)c3cscn3)CCCNC(=O)[C@H](C)N(C)C2=O)cc1. The molecule has 2 N–H and O–H groups in total. The van der Waals surface area contributed by atoms with Crippen molar-refractivity contribution in [1.29, 1.82) is 0 Å². The summed E-state index contributed by atoms with van der Waals surface area (Å²) in [5.41, 5.74) is 2.82. The van der Waals surface area contributed by atoms with E-state index in [1.165, 1.54) is 16.2 Å². The van der Waals surface area contributed by atoms with Gasteiger partial charge in [0.25, 0.3) is 5.91 Å². The van der Waals surface area contributed by atoms with Crippen LogP contribution in [-0.4, -0.2) is 84.3 Å². The minimum absolute atomic E-state index is 0.156. The van der Waals surface area contributed by atoms with Crippen LogP contribution in [0.15, 0.2) is 35.2 Å². The lowest BCUT2D eigenvalue weighted by molar-refractivity contribution is -0.141. The van der Waals surface area contributed by atoms with Crippen LogP contribution in [0.1, 0.15) is 42.2 Å². The zero-order valence-corrected chi connectivity index (χ0v) is 21.7. The first-order chi connectivity index (χ1) is 17.3. The highest BCUT2D eigenvalue weighted by Gasteiger charge is 2.30. The van der Waals surface area contributed by atoms with E-state index in [2.05, 4.69) is 15.6 Å². The molecule has 4 amide bonds. The summed E-state index contributed by atoms with van der Waals surface area (Å²) < 4.78 is 5.19. The number of nitrogens with zero attached hydrogens (tertiary/aromatic N) is 3. The summed E-state index contributed by atoms with van der Waals surface area (Å²) in [6.07, 6.45) is 1.40. The van der Waals surface area contributed by atoms with Crippen LogP contribution < -0.4 is 15.4 Å². The Hall–Kier alpha value is -3.47. The van der Waals surface area contributed by atoms with Gasteiger partial charge >= 0.3 is 0 Å². The highest BCUT2D eigenvalue weighted by molar-refractivity contribution is 7.07. The van der Waals surface area contributed by atoms with Gasteiger partial charge in [0.1, 0.15) is 23.5 Å².